The fourth-order valence-electron chi connectivity index (χ4n) is 1.95. The summed E-state index contributed by atoms with van der Waals surface area (Å²) in [7, 11) is 3.48. The highest BCUT2D eigenvalue weighted by molar-refractivity contribution is 14.0. The molecule has 0 bridgehead atoms. The molecule has 0 spiro atoms. The zero-order valence-electron chi connectivity index (χ0n) is 13.7. The third-order valence-corrected chi connectivity index (χ3v) is 4.24. The molecule has 5 nitrogen and oxygen atoms in total. The Morgan fingerprint density at radius 2 is 2.04 bits per heavy atom. The monoisotopic (exact) mass is 494 g/mol. The van der Waals surface area contributed by atoms with Gasteiger partial charge in [-0.3, -0.25) is 4.79 Å². The largest absolute Gasteiger partial charge is 0.354 e. The minimum absolute atomic E-state index is 0. The first-order chi connectivity index (χ1) is 10.5. The molecule has 1 aromatic rings. The van der Waals surface area contributed by atoms with Crippen molar-refractivity contribution in [1.29, 1.82) is 0 Å². The molecule has 1 amide bonds. The quantitative estimate of drug-likeness (QED) is 0.376. The van der Waals surface area contributed by atoms with Crippen LogP contribution in [0.4, 0.5) is 0 Å². The molecule has 1 fully saturated rings. The van der Waals surface area contributed by atoms with Crippen molar-refractivity contribution in [1.82, 2.24) is 15.5 Å². The van der Waals surface area contributed by atoms with Gasteiger partial charge in [0.25, 0.3) is 0 Å². The van der Waals surface area contributed by atoms with Crippen LogP contribution in [0.1, 0.15) is 31.4 Å². The second-order valence-corrected chi connectivity index (χ2v) is 6.61. The number of carbonyl (C=O) groups is 1. The number of halogens is 2. The molecular formula is C16H24BrIN4O. The van der Waals surface area contributed by atoms with E-state index in [4.69, 9.17) is 0 Å². The molecular weight excluding hydrogens is 471 g/mol. The molecule has 0 saturated heterocycles. The minimum atomic E-state index is -0.00885. The van der Waals surface area contributed by atoms with Crippen LogP contribution < -0.4 is 10.6 Å². The maximum atomic E-state index is 11.7. The van der Waals surface area contributed by atoms with Gasteiger partial charge < -0.3 is 15.5 Å². The lowest BCUT2D eigenvalue weighted by Crippen LogP contribution is -2.41. The van der Waals surface area contributed by atoms with E-state index in [1.165, 1.54) is 0 Å². The Balaban J connectivity index is 0.00000264. The summed E-state index contributed by atoms with van der Waals surface area (Å²) in [6.07, 6.45) is 2.32. The summed E-state index contributed by atoms with van der Waals surface area (Å²) in [5.41, 5.74) is 1.16. The second kappa shape index (κ2) is 9.46. The number of amides is 1. The predicted molar refractivity (Wildman–Crippen MR) is 108 cm³/mol. The molecule has 0 aromatic heterocycles. The van der Waals surface area contributed by atoms with Crippen molar-refractivity contribution >= 4 is 51.8 Å². The highest BCUT2D eigenvalue weighted by Gasteiger charge is 2.23. The van der Waals surface area contributed by atoms with Crippen LogP contribution in [0, 0.1) is 0 Å². The Morgan fingerprint density at radius 1 is 1.39 bits per heavy atom. The molecule has 7 heteroatoms. The summed E-state index contributed by atoms with van der Waals surface area (Å²) in [6, 6.07) is 8.67. The first kappa shape index (κ1) is 20.2. The van der Waals surface area contributed by atoms with Gasteiger partial charge in [-0.25, -0.2) is 4.99 Å². The van der Waals surface area contributed by atoms with Crippen molar-refractivity contribution in [3.05, 3.63) is 34.3 Å². The van der Waals surface area contributed by atoms with Crippen LogP contribution in [-0.2, 0) is 4.79 Å². The van der Waals surface area contributed by atoms with Gasteiger partial charge in [-0.1, -0.05) is 34.1 Å². The van der Waals surface area contributed by atoms with Crippen LogP contribution in [0.25, 0.3) is 0 Å². The van der Waals surface area contributed by atoms with Crippen LogP contribution in [-0.4, -0.2) is 43.4 Å². The van der Waals surface area contributed by atoms with Crippen LogP contribution in [0.15, 0.2) is 33.7 Å². The standard InChI is InChI=1S/C16H23BrN4O.HI/c1-11(13-6-4-5-7-14(13)17)19-16(20-12-8-9-12)18-10-15(22)21(2)3;/h4-7,11-12H,8-10H2,1-3H3,(H2,18,19,20);1H. The van der Waals surface area contributed by atoms with Gasteiger partial charge in [0.05, 0.1) is 6.04 Å². The Kier molecular flexibility index (Phi) is 8.32. The summed E-state index contributed by atoms with van der Waals surface area (Å²) < 4.78 is 1.06. The van der Waals surface area contributed by atoms with Crippen molar-refractivity contribution in [2.45, 2.75) is 31.8 Å². The molecule has 1 unspecified atom stereocenters. The molecule has 1 aromatic carbocycles. The van der Waals surface area contributed by atoms with Crippen molar-refractivity contribution < 1.29 is 4.79 Å². The molecule has 0 radical (unpaired) electrons. The molecule has 1 aliphatic rings. The highest BCUT2D eigenvalue weighted by atomic mass is 127. The summed E-state index contributed by atoms with van der Waals surface area (Å²) >= 11 is 3.57. The molecule has 1 saturated carbocycles. The third kappa shape index (κ3) is 6.66. The molecule has 2 N–H and O–H groups in total. The van der Waals surface area contributed by atoms with Gasteiger partial charge in [-0.15, -0.1) is 24.0 Å². The molecule has 2 rings (SSSR count). The fourth-order valence-corrected chi connectivity index (χ4v) is 2.58. The Bertz CT molecular complexity index is 561. The zero-order valence-corrected chi connectivity index (χ0v) is 17.6. The average Bonchev–Trinajstić information content (AvgIpc) is 3.28. The van der Waals surface area contributed by atoms with Crippen molar-refractivity contribution in [3.63, 3.8) is 0 Å². The number of rotatable bonds is 5. The summed E-state index contributed by atoms with van der Waals surface area (Å²) in [5, 5.41) is 6.74. The zero-order chi connectivity index (χ0) is 16.1. The second-order valence-electron chi connectivity index (χ2n) is 5.76. The van der Waals surface area contributed by atoms with Crippen LogP contribution in [0.5, 0.6) is 0 Å². The summed E-state index contributed by atoms with van der Waals surface area (Å²) in [4.78, 5) is 17.7. The van der Waals surface area contributed by atoms with Crippen molar-refractivity contribution in [2.24, 2.45) is 4.99 Å². The number of aliphatic imine (C=N–C) groups is 1. The number of nitrogens with one attached hydrogen (secondary N) is 2. The van der Waals surface area contributed by atoms with E-state index in [0.29, 0.717) is 12.0 Å². The van der Waals surface area contributed by atoms with Crippen LogP contribution in [0.3, 0.4) is 0 Å². The molecule has 23 heavy (non-hydrogen) atoms. The Hall–Kier alpha value is -0.830. The van der Waals surface area contributed by atoms with E-state index in [0.717, 1.165) is 22.9 Å². The van der Waals surface area contributed by atoms with Crippen molar-refractivity contribution in [3.8, 4) is 0 Å². The lowest BCUT2D eigenvalue weighted by Gasteiger charge is -2.20. The van der Waals surface area contributed by atoms with E-state index < -0.39 is 0 Å². The first-order valence-corrected chi connectivity index (χ1v) is 8.28. The number of likely N-dealkylation sites (N-methyl/N-ethyl adjacent to an activating group) is 1. The smallest absolute Gasteiger partial charge is 0.243 e. The maximum Gasteiger partial charge on any atom is 0.243 e. The third-order valence-electron chi connectivity index (χ3n) is 3.51. The van der Waals surface area contributed by atoms with E-state index in [1.54, 1.807) is 19.0 Å². The lowest BCUT2D eigenvalue weighted by molar-refractivity contribution is -0.127. The minimum Gasteiger partial charge on any atom is -0.354 e. The molecule has 0 aliphatic heterocycles. The van der Waals surface area contributed by atoms with E-state index >= 15 is 0 Å². The number of hydrogen-bond donors (Lipinski definition) is 2. The lowest BCUT2D eigenvalue weighted by atomic mass is 10.1. The highest BCUT2D eigenvalue weighted by Crippen LogP contribution is 2.23. The summed E-state index contributed by atoms with van der Waals surface area (Å²) in [5.74, 6) is 0.686. The number of benzene rings is 1. The first-order valence-electron chi connectivity index (χ1n) is 7.49. The Labute approximate surface area is 163 Å². The number of hydrogen-bond acceptors (Lipinski definition) is 2. The fraction of sp³-hybridized carbons (Fsp3) is 0.500. The normalized spacial score (nSPS) is 15.4. The number of carbonyl (C=O) groups excluding carboxylic acids is 1. The predicted octanol–water partition coefficient (Wildman–Crippen LogP) is 2.91. The molecule has 0 heterocycles. The Morgan fingerprint density at radius 3 is 2.61 bits per heavy atom. The molecule has 1 atom stereocenters. The average molecular weight is 495 g/mol. The van der Waals surface area contributed by atoms with Gasteiger partial charge in [-0.05, 0) is 31.4 Å². The van der Waals surface area contributed by atoms with Gasteiger partial charge in [-0.2, -0.15) is 0 Å². The maximum absolute atomic E-state index is 11.7. The van der Waals surface area contributed by atoms with Crippen LogP contribution >= 0.6 is 39.9 Å². The SMILES string of the molecule is CC(NC(=NCC(=O)N(C)C)NC1CC1)c1ccccc1Br.I. The van der Waals surface area contributed by atoms with E-state index in [-0.39, 0.29) is 42.5 Å². The van der Waals surface area contributed by atoms with Gasteiger partial charge >= 0.3 is 0 Å². The van der Waals surface area contributed by atoms with Crippen LogP contribution in [0.2, 0.25) is 0 Å². The van der Waals surface area contributed by atoms with Gasteiger partial charge in [0, 0.05) is 24.6 Å². The number of nitrogens with zero attached hydrogens (tertiary/aromatic N) is 2. The molecule has 1 aliphatic carbocycles. The van der Waals surface area contributed by atoms with Crippen molar-refractivity contribution in [2.75, 3.05) is 20.6 Å². The van der Waals surface area contributed by atoms with E-state index in [2.05, 4.69) is 44.5 Å². The van der Waals surface area contributed by atoms with Gasteiger partial charge in [0.1, 0.15) is 6.54 Å². The van der Waals surface area contributed by atoms with Gasteiger partial charge in [0.15, 0.2) is 5.96 Å². The summed E-state index contributed by atoms with van der Waals surface area (Å²) in [6.45, 7) is 2.23. The van der Waals surface area contributed by atoms with E-state index in [1.807, 2.05) is 18.2 Å². The van der Waals surface area contributed by atoms with E-state index in [9.17, 15) is 4.79 Å². The van der Waals surface area contributed by atoms with Gasteiger partial charge in [0.2, 0.25) is 5.91 Å². The number of guanidine groups is 1. The molecule has 128 valence electrons. The topological polar surface area (TPSA) is 56.7 Å².